The molecule has 0 atom stereocenters. The fraction of sp³-hybridized carbons (Fsp3) is 0.429. The molecule has 1 aliphatic rings. The molecule has 0 aromatic heterocycles. The molecule has 0 saturated heterocycles. The smallest absolute Gasteiger partial charge is 0.146 e. The highest BCUT2D eigenvalue weighted by molar-refractivity contribution is 5.47. The van der Waals surface area contributed by atoms with Crippen LogP contribution in [0.5, 0.6) is 0 Å². The molecule has 90 valence electrons. The van der Waals surface area contributed by atoms with Crippen LogP contribution in [-0.4, -0.2) is 18.0 Å². The van der Waals surface area contributed by atoms with Gasteiger partial charge in [0.2, 0.25) is 0 Å². The molecule has 1 saturated carbocycles. The highest BCUT2D eigenvalue weighted by Gasteiger charge is 2.24. The van der Waals surface area contributed by atoms with Gasteiger partial charge in [0.1, 0.15) is 5.82 Å². The molecule has 2 nitrogen and oxygen atoms in total. The average Bonchev–Trinajstić information content (AvgIpc) is 3.09. The molecule has 1 aliphatic carbocycles. The molecule has 1 aromatic rings. The SMILES string of the molecule is C#CCN(Cc1cccc(F)c1N)CC1CC1. The van der Waals surface area contributed by atoms with E-state index in [1.165, 1.54) is 18.9 Å². The van der Waals surface area contributed by atoms with E-state index < -0.39 is 0 Å². The van der Waals surface area contributed by atoms with Gasteiger partial charge in [-0.15, -0.1) is 6.42 Å². The average molecular weight is 232 g/mol. The van der Waals surface area contributed by atoms with Crippen LogP contribution in [0.3, 0.4) is 0 Å². The summed E-state index contributed by atoms with van der Waals surface area (Å²) in [5.74, 6) is 3.06. The van der Waals surface area contributed by atoms with E-state index in [2.05, 4.69) is 10.8 Å². The summed E-state index contributed by atoms with van der Waals surface area (Å²) in [6.07, 6.45) is 7.91. The third-order valence-electron chi connectivity index (χ3n) is 3.07. The van der Waals surface area contributed by atoms with Gasteiger partial charge in [0.05, 0.1) is 12.2 Å². The molecule has 2 rings (SSSR count). The van der Waals surface area contributed by atoms with Crippen LogP contribution in [0, 0.1) is 24.1 Å². The van der Waals surface area contributed by atoms with E-state index in [9.17, 15) is 4.39 Å². The molecule has 1 fully saturated rings. The van der Waals surface area contributed by atoms with Crippen molar-refractivity contribution in [2.75, 3.05) is 18.8 Å². The summed E-state index contributed by atoms with van der Waals surface area (Å²) >= 11 is 0. The minimum absolute atomic E-state index is 0.241. The first kappa shape index (κ1) is 11.9. The van der Waals surface area contributed by atoms with Gasteiger partial charge < -0.3 is 5.73 Å². The lowest BCUT2D eigenvalue weighted by molar-refractivity contribution is 0.286. The summed E-state index contributed by atoms with van der Waals surface area (Å²) in [6.45, 7) is 2.21. The van der Waals surface area contributed by atoms with Crippen LogP contribution in [-0.2, 0) is 6.54 Å². The van der Waals surface area contributed by atoms with E-state index in [0.717, 1.165) is 18.0 Å². The van der Waals surface area contributed by atoms with E-state index in [4.69, 9.17) is 12.2 Å². The van der Waals surface area contributed by atoms with Gasteiger partial charge in [-0.2, -0.15) is 0 Å². The molecule has 17 heavy (non-hydrogen) atoms. The van der Waals surface area contributed by atoms with Crippen LogP contribution in [0.2, 0.25) is 0 Å². The second-order valence-corrected chi connectivity index (χ2v) is 4.63. The molecule has 2 N–H and O–H groups in total. The van der Waals surface area contributed by atoms with Crippen molar-refractivity contribution in [2.45, 2.75) is 19.4 Å². The van der Waals surface area contributed by atoms with Crippen molar-refractivity contribution in [1.82, 2.24) is 4.90 Å². The summed E-state index contributed by atoms with van der Waals surface area (Å²) in [6, 6.07) is 4.92. The van der Waals surface area contributed by atoms with E-state index in [-0.39, 0.29) is 11.5 Å². The normalized spacial score (nSPS) is 14.9. The van der Waals surface area contributed by atoms with Gasteiger partial charge >= 0.3 is 0 Å². The number of anilines is 1. The summed E-state index contributed by atoms with van der Waals surface area (Å²) in [5.41, 5.74) is 6.78. The second-order valence-electron chi connectivity index (χ2n) is 4.63. The van der Waals surface area contributed by atoms with Gasteiger partial charge in [-0.1, -0.05) is 18.1 Å². The lowest BCUT2D eigenvalue weighted by Gasteiger charge is -2.20. The number of nitrogens with two attached hydrogens (primary N) is 1. The van der Waals surface area contributed by atoms with Gasteiger partial charge in [-0.05, 0) is 30.4 Å². The lowest BCUT2D eigenvalue weighted by atomic mass is 10.1. The zero-order chi connectivity index (χ0) is 12.3. The Labute approximate surface area is 102 Å². The maximum atomic E-state index is 13.3. The van der Waals surface area contributed by atoms with Crippen molar-refractivity contribution in [3.05, 3.63) is 29.6 Å². The van der Waals surface area contributed by atoms with Crippen molar-refractivity contribution in [2.24, 2.45) is 5.92 Å². The van der Waals surface area contributed by atoms with Crippen LogP contribution < -0.4 is 5.73 Å². The number of rotatable bonds is 5. The molecular weight excluding hydrogens is 215 g/mol. The Balaban J connectivity index is 2.05. The Kier molecular flexibility index (Phi) is 3.65. The van der Waals surface area contributed by atoms with Gasteiger partial charge in [-0.25, -0.2) is 4.39 Å². The summed E-state index contributed by atoms with van der Waals surface area (Å²) in [7, 11) is 0. The Bertz CT molecular complexity index is 432. The molecule has 0 spiro atoms. The van der Waals surface area contributed by atoms with Gasteiger partial charge in [0.25, 0.3) is 0 Å². The van der Waals surface area contributed by atoms with Crippen LogP contribution in [0.15, 0.2) is 18.2 Å². The van der Waals surface area contributed by atoms with E-state index in [1.54, 1.807) is 6.07 Å². The zero-order valence-electron chi connectivity index (χ0n) is 9.82. The summed E-state index contributed by atoms with van der Waals surface area (Å²) < 4.78 is 13.3. The largest absolute Gasteiger partial charge is 0.396 e. The van der Waals surface area contributed by atoms with E-state index in [0.29, 0.717) is 13.1 Å². The number of halogens is 1. The van der Waals surface area contributed by atoms with Crippen LogP contribution in [0.4, 0.5) is 10.1 Å². The van der Waals surface area contributed by atoms with Crippen LogP contribution in [0.25, 0.3) is 0 Å². The third kappa shape index (κ3) is 3.21. The second kappa shape index (κ2) is 5.20. The van der Waals surface area contributed by atoms with Crippen molar-refractivity contribution >= 4 is 5.69 Å². The Morgan fingerprint density at radius 3 is 2.88 bits per heavy atom. The van der Waals surface area contributed by atoms with Crippen LogP contribution >= 0.6 is 0 Å². The highest BCUT2D eigenvalue weighted by atomic mass is 19.1. The molecule has 1 aromatic carbocycles. The molecular formula is C14H17FN2. The monoisotopic (exact) mass is 232 g/mol. The summed E-state index contributed by atoms with van der Waals surface area (Å²) in [5, 5.41) is 0. The minimum Gasteiger partial charge on any atom is -0.396 e. The maximum Gasteiger partial charge on any atom is 0.146 e. The molecule has 0 aliphatic heterocycles. The molecule has 3 heteroatoms. The highest BCUT2D eigenvalue weighted by Crippen LogP contribution is 2.30. The number of nitrogen functional groups attached to an aromatic ring is 1. The molecule has 0 radical (unpaired) electrons. The Morgan fingerprint density at radius 1 is 1.47 bits per heavy atom. The summed E-state index contributed by atoms with van der Waals surface area (Å²) in [4.78, 5) is 2.16. The topological polar surface area (TPSA) is 29.3 Å². The zero-order valence-corrected chi connectivity index (χ0v) is 9.82. The quantitative estimate of drug-likeness (QED) is 0.623. The van der Waals surface area contributed by atoms with Crippen molar-refractivity contribution in [3.63, 3.8) is 0 Å². The first-order chi connectivity index (χ1) is 8.20. The number of hydrogen-bond acceptors (Lipinski definition) is 2. The fourth-order valence-corrected chi connectivity index (χ4v) is 1.94. The Hall–Kier alpha value is -1.53. The van der Waals surface area contributed by atoms with Gasteiger partial charge in [0, 0.05) is 13.1 Å². The number of terminal acetylenes is 1. The molecule has 0 bridgehead atoms. The predicted octanol–water partition coefficient (Wildman–Crippen LogP) is 2.25. The number of benzene rings is 1. The molecule has 0 amide bonds. The van der Waals surface area contributed by atoms with Crippen molar-refractivity contribution in [3.8, 4) is 12.3 Å². The van der Waals surface area contributed by atoms with Crippen LogP contribution in [0.1, 0.15) is 18.4 Å². The van der Waals surface area contributed by atoms with Crippen molar-refractivity contribution in [1.29, 1.82) is 0 Å². The van der Waals surface area contributed by atoms with Gasteiger partial charge in [0.15, 0.2) is 0 Å². The lowest BCUT2D eigenvalue weighted by Crippen LogP contribution is -2.26. The maximum absolute atomic E-state index is 13.3. The number of nitrogens with zero attached hydrogens (tertiary/aromatic N) is 1. The first-order valence-electron chi connectivity index (χ1n) is 5.89. The minimum atomic E-state index is -0.352. The molecule has 0 heterocycles. The molecule has 0 unspecified atom stereocenters. The third-order valence-corrected chi connectivity index (χ3v) is 3.07. The van der Waals surface area contributed by atoms with E-state index in [1.807, 2.05) is 6.07 Å². The Morgan fingerprint density at radius 2 is 2.24 bits per heavy atom. The van der Waals surface area contributed by atoms with Crippen molar-refractivity contribution < 1.29 is 4.39 Å². The van der Waals surface area contributed by atoms with E-state index >= 15 is 0 Å². The first-order valence-corrected chi connectivity index (χ1v) is 5.89. The van der Waals surface area contributed by atoms with Gasteiger partial charge in [-0.3, -0.25) is 4.90 Å². The number of para-hydroxylation sites is 1. The number of hydrogen-bond donors (Lipinski definition) is 1. The standard InChI is InChI=1S/C14H17FN2/c1-2-8-17(9-11-6-7-11)10-12-4-3-5-13(15)14(12)16/h1,3-5,11H,6-10,16H2. The predicted molar refractivity (Wildman–Crippen MR) is 67.6 cm³/mol. The fourth-order valence-electron chi connectivity index (χ4n) is 1.94.